The molecule has 0 saturated heterocycles. The number of rotatable bonds is 4. The Morgan fingerprint density at radius 3 is 2.50 bits per heavy atom. The molecule has 0 aromatic heterocycles. The van der Waals surface area contributed by atoms with Gasteiger partial charge in [0.1, 0.15) is 5.75 Å². The number of benzene rings is 3. The van der Waals surface area contributed by atoms with E-state index in [1.54, 1.807) is 36.4 Å². The minimum absolute atomic E-state index is 0.121. The lowest BCUT2D eigenvalue weighted by Gasteiger charge is -2.35. The monoisotopic (exact) mass is 442 g/mol. The van der Waals surface area contributed by atoms with Crippen molar-refractivity contribution in [3.63, 3.8) is 0 Å². The molecule has 0 saturated carbocycles. The number of carbonyl (C=O) groups is 1. The number of fused-ring (bicyclic) bond motifs is 1. The number of halogens is 1. The summed E-state index contributed by atoms with van der Waals surface area (Å²) in [6, 6.07) is 20.1. The summed E-state index contributed by atoms with van der Waals surface area (Å²) in [5.74, 6) is -0.159. The Kier molecular flexibility index (Phi) is 5.40. The molecule has 3 aromatic rings. The second-order valence-corrected chi connectivity index (χ2v) is 9.17. The predicted octanol–water partition coefficient (Wildman–Crippen LogP) is 4.24. The third-order valence-corrected chi connectivity index (χ3v) is 6.85. The molecule has 6 nitrogen and oxygen atoms in total. The summed E-state index contributed by atoms with van der Waals surface area (Å²) in [6.45, 7) is 1.70. The van der Waals surface area contributed by atoms with Gasteiger partial charge in [-0.1, -0.05) is 48.0 Å². The molecule has 1 aliphatic heterocycles. The fraction of sp³-hybridized carbons (Fsp3) is 0.136. The molecule has 0 bridgehead atoms. The van der Waals surface area contributed by atoms with E-state index in [0.717, 1.165) is 5.56 Å². The van der Waals surface area contributed by atoms with Crippen molar-refractivity contribution in [1.82, 2.24) is 0 Å². The van der Waals surface area contributed by atoms with Crippen molar-refractivity contribution in [3.8, 4) is 5.75 Å². The van der Waals surface area contributed by atoms with Crippen LogP contribution in [-0.2, 0) is 14.8 Å². The lowest BCUT2D eigenvalue weighted by atomic mass is 10.2. The molecular weight excluding hydrogens is 424 g/mol. The van der Waals surface area contributed by atoms with Gasteiger partial charge in [0.2, 0.25) is 0 Å². The third kappa shape index (κ3) is 3.86. The average Bonchev–Trinajstić information content (AvgIpc) is 2.75. The number of ether oxygens (including phenoxy) is 1. The lowest BCUT2D eigenvalue weighted by molar-refractivity contribution is -0.122. The molecule has 3 aromatic carbocycles. The molecule has 0 aliphatic carbocycles. The van der Waals surface area contributed by atoms with Crippen molar-refractivity contribution in [2.75, 3.05) is 16.2 Å². The van der Waals surface area contributed by atoms with Crippen LogP contribution in [0.2, 0.25) is 5.02 Å². The summed E-state index contributed by atoms with van der Waals surface area (Å²) in [4.78, 5) is 13.0. The van der Waals surface area contributed by atoms with Crippen LogP contribution in [0.15, 0.2) is 77.7 Å². The number of aryl methyl sites for hydroxylation is 1. The third-order valence-electron chi connectivity index (χ3n) is 4.82. The molecule has 0 radical (unpaired) electrons. The van der Waals surface area contributed by atoms with Crippen LogP contribution in [0.1, 0.15) is 5.56 Å². The summed E-state index contributed by atoms with van der Waals surface area (Å²) in [5.41, 5.74) is 1.83. The highest BCUT2D eigenvalue weighted by Crippen LogP contribution is 2.39. The zero-order valence-electron chi connectivity index (χ0n) is 16.1. The summed E-state index contributed by atoms with van der Waals surface area (Å²) < 4.78 is 33.7. The van der Waals surface area contributed by atoms with E-state index in [1.807, 2.05) is 25.1 Å². The van der Waals surface area contributed by atoms with E-state index in [-0.39, 0.29) is 17.2 Å². The first-order valence-corrected chi connectivity index (χ1v) is 11.1. The summed E-state index contributed by atoms with van der Waals surface area (Å²) in [7, 11) is -3.92. The fourth-order valence-electron chi connectivity index (χ4n) is 3.23. The Balaban J connectivity index is 1.71. The SMILES string of the molecule is Cc1ccccc1NC(=O)C1CN(S(=O)(=O)c2ccccc2)c2cc(Cl)ccc2O1. The molecule has 0 fully saturated rings. The molecule has 1 unspecified atom stereocenters. The number of hydrogen-bond donors (Lipinski definition) is 1. The van der Waals surface area contributed by atoms with Gasteiger partial charge in [0.05, 0.1) is 17.1 Å². The van der Waals surface area contributed by atoms with Crippen LogP contribution in [0.25, 0.3) is 0 Å². The minimum Gasteiger partial charge on any atom is -0.476 e. The largest absolute Gasteiger partial charge is 0.476 e. The van der Waals surface area contributed by atoms with E-state index < -0.39 is 22.0 Å². The summed E-state index contributed by atoms with van der Waals surface area (Å²) >= 11 is 6.11. The van der Waals surface area contributed by atoms with Crippen LogP contribution >= 0.6 is 11.6 Å². The van der Waals surface area contributed by atoms with Crippen molar-refractivity contribution in [2.45, 2.75) is 17.9 Å². The highest BCUT2D eigenvalue weighted by Gasteiger charge is 2.37. The van der Waals surface area contributed by atoms with Gasteiger partial charge in [-0.2, -0.15) is 0 Å². The zero-order chi connectivity index (χ0) is 21.3. The predicted molar refractivity (Wildman–Crippen MR) is 117 cm³/mol. The quantitative estimate of drug-likeness (QED) is 0.655. The lowest BCUT2D eigenvalue weighted by Crippen LogP contribution is -2.48. The molecule has 8 heteroatoms. The van der Waals surface area contributed by atoms with Gasteiger partial charge in [0.25, 0.3) is 15.9 Å². The molecule has 1 heterocycles. The molecule has 1 amide bonds. The van der Waals surface area contributed by atoms with Crippen LogP contribution in [-0.4, -0.2) is 27.0 Å². The second-order valence-electron chi connectivity index (χ2n) is 6.87. The smallest absolute Gasteiger partial charge is 0.267 e. The van der Waals surface area contributed by atoms with E-state index in [9.17, 15) is 13.2 Å². The number of para-hydroxylation sites is 1. The van der Waals surface area contributed by atoms with Gasteiger partial charge < -0.3 is 10.1 Å². The molecule has 1 aliphatic rings. The number of anilines is 2. The second kappa shape index (κ2) is 8.01. The zero-order valence-corrected chi connectivity index (χ0v) is 17.7. The van der Waals surface area contributed by atoms with E-state index in [2.05, 4.69) is 5.32 Å². The maximum Gasteiger partial charge on any atom is 0.267 e. The molecule has 4 rings (SSSR count). The number of amides is 1. The molecule has 1 N–H and O–H groups in total. The van der Waals surface area contributed by atoms with Gasteiger partial charge in [-0.05, 0) is 48.9 Å². The van der Waals surface area contributed by atoms with Crippen molar-refractivity contribution in [2.24, 2.45) is 0 Å². The van der Waals surface area contributed by atoms with Crippen molar-refractivity contribution < 1.29 is 17.9 Å². The number of hydrogen-bond acceptors (Lipinski definition) is 4. The van der Waals surface area contributed by atoms with Crippen LogP contribution < -0.4 is 14.4 Å². The Morgan fingerprint density at radius 1 is 1.07 bits per heavy atom. The molecule has 154 valence electrons. The fourth-order valence-corrected chi connectivity index (χ4v) is 4.89. The number of carbonyl (C=O) groups excluding carboxylic acids is 1. The first-order chi connectivity index (χ1) is 14.4. The van der Waals surface area contributed by atoms with Crippen LogP contribution in [0, 0.1) is 6.92 Å². The van der Waals surface area contributed by atoms with Gasteiger partial charge in [0.15, 0.2) is 6.10 Å². The minimum atomic E-state index is -3.92. The van der Waals surface area contributed by atoms with Gasteiger partial charge in [-0.15, -0.1) is 0 Å². The molecule has 30 heavy (non-hydrogen) atoms. The number of sulfonamides is 1. The van der Waals surface area contributed by atoms with Gasteiger partial charge in [-0.3, -0.25) is 9.10 Å². The van der Waals surface area contributed by atoms with E-state index in [1.165, 1.54) is 22.5 Å². The molecule has 0 spiro atoms. The van der Waals surface area contributed by atoms with E-state index >= 15 is 0 Å². The van der Waals surface area contributed by atoms with Crippen LogP contribution in [0.4, 0.5) is 11.4 Å². The first kappa shape index (κ1) is 20.3. The summed E-state index contributed by atoms with van der Waals surface area (Å²) in [5, 5.41) is 3.19. The van der Waals surface area contributed by atoms with Gasteiger partial charge in [-0.25, -0.2) is 8.42 Å². The van der Waals surface area contributed by atoms with Crippen molar-refractivity contribution in [3.05, 3.63) is 83.4 Å². The first-order valence-electron chi connectivity index (χ1n) is 9.27. The topological polar surface area (TPSA) is 75.7 Å². The number of nitrogens with one attached hydrogen (secondary N) is 1. The van der Waals surface area contributed by atoms with Gasteiger partial charge in [0, 0.05) is 10.7 Å². The number of nitrogens with zero attached hydrogens (tertiary/aromatic N) is 1. The van der Waals surface area contributed by atoms with Gasteiger partial charge >= 0.3 is 0 Å². The van der Waals surface area contributed by atoms with E-state index in [4.69, 9.17) is 16.3 Å². The Hall–Kier alpha value is -3.03. The molecular formula is C22H19ClN2O4S. The maximum atomic E-state index is 13.3. The van der Waals surface area contributed by atoms with E-state index in [0.29, 0.717) is 16.4 Å². The molecule has 1 atom stereocenters. The van der Waals surface area contributed by atoms with Crippen molar-refractivity contribution >= 4 is 38.9 Å². The van der Waals surface area contributed by atoms with Crippen LogP contribution in [0.5, 0.6) is 5.75 Å². The maximum absolute atomic E-state index is 13.3. The standard InChI is InChI=1S/C22H19ClN2O4S/c1-15-7-5-6-10-18(15)24-22(26)21-14-25(19-13-16(23)11-12-20(19)29-21)30(27,28)17-8-3-2-4-9-17/h2-13,21H,14H2,1H3,(H,24,26). The summed E-state index contributed by atoms with van der Waals surface area (Å²) in [6.07, 6.45) is -1.03. The Bertz CT molecular complexity index is 1200. The average molecular weight is 443 g/mol. The highest BCUT2D eigenvalue weighted by atomic mass is 35.5. The normalized spacial score (nSPS) is 15.8. The Morgan fingerprint density at radius 2 is 1.77 bits per heavy atom. The van der Waals surface area contributed by atoms with Crippen LogP contribution in [0.3, 0.4) is 0 Å². The highest BCUT2D eigenvalue weighted by molar-refractivity contribution is 7.92. The van der Waals surface area contributed by atoms with Crippen molar-refractivity contribution in [1.29, 1.82) is 0 Å². The Labute approximate surface area is 180 Å².